The van der Waals surface area contributed by atoms with Crippen LogP contribution in [0, 0.1) is 13.8 Å². The molecule has 0 spiro atoms. The van der Waals surface area contributed by atoms with Gasteiger partial charge in [0.05, 0.1) is 5.69 Å². The Morgan fingerprint density at radius 1 is 1.19 bits per heavy atom. The minimum atomic E-state index is 0.730. The van der Waals surface area contributed by atoms with Crippen LogP contribution in [0.15, 0.2) is 46.5 Å². The number of hydrogen-bond donors (Lipinski definition) is 1. The second kappa shape index (κ2) is 4.58. The van der Waals surface area contributed by atoms with Gasteiger partial charge in [0.2, 0.25) is 0 Å². The third-order valence-electron chi connectivity index (χ3n) is 2.35. The Morgan fingerprint density at radius 2 is 2.00 bits per heavy atom. The number of rotatable bonds is 2. The van der Waals surface area contributed by atoms with E-state index >= 15 is 0 Å². The molecule has 0 aliphatic heterocycles. The molecular weight excluding hydrogens is 216 g/mol. The molecule has 1 heterocycles. The van der Waals surface area contributed by atoms with Crippen molar-refractivity contribution < 1.29 is 0 Å². The van der Waals surface area contributed by atoms with E-state index in [0.29, 0.717) is 0 Å². The van der Waals surface area contributed by atoms with Crippen molar-refractivity contribution in [2.45, 2.75) is 23.8 Å². The number of aromatic nitrogens is 1. The first kappa shape index (κ1) is 11.0. The monoisotopic (exact) mass is 230 g/mol. The van der Waals surface area contributed by atoms with Crippen LogP contribution in [0.4, 0.5) is 5.69 Å². The average Bonchev–Trinajstić information content (AvgIpc) is 2.27. The van der Waals surface area contributed by atoms with E-state index in [-0.39, 0.29) is 0 Å². The van der Waals surface area contributed by atoms with E-state index in [2.05, 4.69) is 37.0 Å². The molecule has 82 valence electrons. The zero-order chi connectivity index (χ0) is 11.5. The van der Waals surface area contributed by atoms with Crippen molar-refractivity contribution in [2.75, 3.05) is 5.73 Å². The van der Waals surface area contributed by atoms with Crippen LogP contribution in [0.25, 0.3) is 0 Å². The van der Waals surface area contributed by atoms with Gasteiger partial charge in [-0.15, -0.1) is 0 Å². The third kappa shape index (κ3) is 2.36. The van der Waals surface area contributed by atoms with E-state index in [1.807, 2.05) is 12.1 Å². The summed E-state index contributed by atoms with van der Waals surface area (Å²) in [4.78, 5) is 5.50. The topological polar surface area (TPSA) is 38.9 Å². The van der Waals surface area contributed by atoms with E-state index in [0.717, 1.165) is 10.7 Å². The summed E-state index contributed by atoms with van der Waals surface area (Å²) in [6.07, 6.45) is 1.77. The average molecular weight is 230 g/mol. The molecule has 0 saturated heterocycles. The quantitative estimate of drug-likeness (QED) is 0.859. The molecule has 16 heavy (non-hydrogen) atoms. The minimum Gasteiger partial charge on any atom is -0.397 e. The molecule has 0 aliphatic carbocycles. The number of nitrogens with two attached hydrogens (primary N) is 1. The molecule has 0 atom stereocenters. The summed E-state index contributed by atoms with van der Waals surface area (Å²) in [5.41, 5.74) is 9.11. The van der Waals surface area contributed by atoms with Crippen LogP contribution in [0.5, 0.6) is 0 Å². The second-order valence-electron chi connectivity index (χ2n) is 3.77. The van der Waals surface area contributed by atoms with Gasteiger partial charge >= 0.3 is 0 Å². The van der Waals surface area contributed by atoms with E-state index in [1.165, 1.54) is 16.0 Å². The maximum Gasteiger partial charge on any atom is 0.124 e. The van der Waals surface area contributed by atoms with Gasteiger partial charge in [-0.1, -0.05) is 23.9 Å². The highest BCUT2D eigenvalue weighted by Gasteiger charge is 2.05. The van der Waals surface area contributed by atoms with Crippen molar-refractivity contribution in [3.05, 3.63) is 47.7 Å². The fraction of sp³-hybridized carbons (Fsp3) is 0.154. The van der Waals surface area contributed by atoms with Crippen molar-refractivity contribution in [3.63, 3.8) is 0 Å². The highest BCUT2D eigenvalue weighted by Crippen LogP contribution is 2.32. The summed E-state index contributed by atoms with van der Waals surface area (Å²) in [5, 5.41) is 0.871. The van der Waals surface area contributed by atoms with Crippen molar-refractivity contribution in [2.24, 2.45) is 0 Å². The first-order valence-electron chi connectivity index (χ1n) is 5.12. The third-order valence-corrected chi connectivity index (χ3v) is 3.55. The predicted octanol–water partition coefficient (Wildman–Crippen LogP) is 3.43. The molecule has 2 aromatic rings. The summed E-state index contributed by atoms with van der Waals surface area (Å²) in [6, 6.07) is 10.1. The number of aryl methyl sites for hydroxylation is 2. The standard InChI is InChI=1S/C13H14N2S/c1-9-5-6-10(2)12(8-9)16-13-11(14)4-3-7-15-13/h3-8H,14H2,1-2H3. The van der Waals surface area contributed by atoms with Gasteiger partial charge in [0.1, 0.15) is 5.03 Å². The maximum absolute atomic E-state index is 5.87. The van der Waals surface area contributed by atoms with Crippen LogP contribution in [0.2, 0.25) is 0 Å². The van der Waals surface area contributed by atoms with Gasteiger partial charge in [0.25, 0.3) is 0 Å². The van der Waals surface area contributed by atoms with Crippen LogP contribution in [0.3, 0.4) is 0 Å². The number of nitrogens with zero attached hydrogens (tertiary/aromatic N) is 1. The SMILES string of the molecule is Cc1ccc(C)c(Sc2ncccc2N)c1. The molecule has 1 aromatic heterocycles. The Bertz CT molecular complexity index is 509. The van der Waals surface area contributed by atoms with Crippen molar-refractivity contribution in [1.29, 1.82) is 0 Å². The summed E-state index contributed by atoms with van der Waals surface area (Å²) in [5.74, 6) is 0. The maximum atomic E-state index is 5.87. The zero-order valence-electron chi connectivity index (χ0n) is 9.40. The number of pyridine rings is 1. The van der Waals surface area contributed by atoms with Crippen LogP contribution >= 0.6 is 11.8 Å². The van der Waals surface area contributed by atoms with Crippen LogP contribution < -0.4 is 5.73 Å². The summed E-state index contributed by atoms with van der Waals surface area (Å²) >= 11 is 1.62. The van der Waals surface area contributed by atoms with E-state index in [4.69, 9.17) is 5.73 Å². The van der Waals surface area contributed by atoms with Gasteiger partial charge in [-0.25, -0.2) is 4.98 Å². The Kier molecular flexibility index (Phi) is 3.15. The molecule has 2 rings (SSSR count). The van der Waals surface area contributed by atoms with E-state index in [1.54, 1.807) is 18.0 Å². The first-order valence-corrected chi connectivity index (χ1v) is 5.94. The molecule has 0 saturated carbocycles. The number of hydrogen-bond acceptors (Lipinski definition) is 3. The van der Waals surface area contributed by atoms with Crippen molar-refractivity contribution in [3.8, 4) is 0 Å². The van der Waals surface area contributed by atoms with Crippen LogP contribution in [-0.4, -0.2) is 4.98 Å². The van der Waals surface area contributed by atoms with E-state index < -0.39 is 0 Å². The normalized spacial score (nSPS) is 10.4. The van der Waals surface area contributed by atoms with Crippen LogP contribution in [0.1, 0.15) is 11.1 Å². The van der Waals surface area contributed by atoms with Crippen LogP contribution in [-0.2, 0) is 0 Å². The molecule has 1 aromatic carbocycles. The Balaban J connectivity index is 2.34. The summed E-state index contributed by atoms with van der Waals surface area (Å²) in [7, 11) is 0. The van der Waals surface area contributed by atoms with Gasteiger partial charge in [0, 0.05) is 11.1 Å². The van der Waals surface area contributed by atoms with Gasteiger partial charge in [-0.3, -0.25) is 0 Å². The van der Waals surface area contributed by atoms with Gasteiger partial charge in [-0.2, -0.15) is 0 Å². The minimum absolute atomic E-state index is 0.730. The molecule has 0 fully saturated rings. The molecule has 0 radical (unpaired) electrons. The molecule has 0 unspecified atom stereocenters. The van der Waals surface area contributed by atoms with Crippen molar-refractivity contribution in [1.82, 2.24) is 4.98 Å². The molecule has 0 amide bonds. The molecule has 2 nitrogen and oxygen atoms in total. The van der Waals surface area contributed by atoms with Gasteiger partial charge in [-0.05, 0) is 43.2 Å². The smallest absolute Gasteiger partial charge is 0.124 e. The lowest BCUT2D eigenvalue weighted by Crippen LogP contribution is -1.91. The Labute approximate surface area is 99.9 Å². The largest absolute Gasteiger partial charge is 0.397 e. The second-order valence-corrected chi connectivity index (χ2v) is 4.80. The lowest BCUT2D eigenvalue weighted by Gasteiger charge is -2.07. The molecule has 3 heteroatoms. The number of nitrogen functional groups attached to an aromatic ring is 1. The highest BCUT2D eigenvalue weighted by molar-refractivity contribution is 7.99. The Morgan fingerprint density at radius 3 is 2.75 bits per heavy atom. The summed E-state index contributed by atoms with van der Waals surface area (Å²) in [6.45, 7) is 4.19. The molecule has 0 aliphatic rings. The number of benzene rings is 1. The molecule has 0 bridgehead atoms. The van der Waals surface area contributed by atoms with Gasteiger partial charge < -0.3 is 5.73 Å². The number of anilines is 1. The van der Waals surface area contributed by atoms with E-state index in [9.17, 15) is 0 Å². The Hall–Kier alpha value is -1.48. The summed E-state index contributed by atoms with van der Waals surface area (Å²) < 4.78 is 0. The molecular formula is C13H14N2S. The first-order chi connectivity index (χ1) is 7.66. The lowest BCUT2D eigenvalue weighted by atomic mass is 10.2. The predicted molar refractivity (Wildman–Crippen MR) is 68.7 cm³/mol. The van der Waals surface area contributed by atoms with Gasteiger partial charge in [0.15, 0.2) is 0 Å². The van der Waals surface area contributed by atoms with Crippen molar-refractivity contribution >= 4 is 17.4 Å². The zero-order valence-corrected chi connectivity index (χ0v) is 10.2. The lowest BCUT2D eigenvalue weighted by molar-refractivity contribution is 1.13. The molecule has 2 N–H and O–H groups in total. The fourth-order valence-electron chi connectivity index (χ4n) is 1.41. The fourth-order valence-corrected chi connectivity index (χ4v) is 2.39. The highest BCUT2D eigenvalue weighted by atomic mass is 32.2.